The first-order valence-electron chi connectivity index (χ1n) is 10.4. The number of hydrogen-bond donors (Lipinski definition) is 0. The lowest BCUT2D eigenvalue weighted by Gasteiger charge is -2.32. The van der Waals surface area contributed by atoms with E-state index in [4.69, 9.17) is 4.74 Å². The molecule has 0 N–H and O–H groups in total. The van der Waals surface area contributed by atoms with Gasteiger partial charge in [-0.15, -0.1) is 0 Å². The number of hydrogen-bond acceptors (Lipinski definition) is 3. The molecule has 0 heterocycles. The van der Waals surface area contributed by atoms with Gasteiger partial charge in [0.05, 0.1) is 0 Å². The van der Waals surface area contributed by atoms with Crippen LogP contribution in [-0.2, 0) is 14.3 Å². The minimum Gasteiger partial charge on any atom is -0.454 e. The van der Waals surface area contributed by atoms with Crippen molar-refractivity contribution in [2.24, 2.45) is 10.8 Å². The maximum absolute atomic E-state index is 11.8. The third kappa shape index (κ3) is 8.81. The summed E-state index contributed by atoms with van der Waals surface area (Å²) in [5.74, 6) is -0.587. The number of esters is 1. The van der Waals surface area contributed by atoms with E-state index < -0.39 is 11.4 Å². The summed E-state index contributed by atoms with van der Waals surface area (Å²) in [7, 11) is 0. The predicted octanol–water partition coefficient (Wildman–Crippen LogP) is 6.68. The fourth-order valence-electron chi connectivity index (χ4n) is 3.26. The maximum Gasteiger partial charge on any atom is 0.331 e. The molecule has 0 atom stereocenters. The molecule has 0 aromatic rings. The van der Waals surface area contributed by atoms with Crippen LogP contribution in [0.25, 0.3) is 0 Å². The molecule has 1 rings (SSSR count). The Morgan fingerprint density at radius 2 is 1.76 bits per heavy atom. The fourth-order valence-corrected chi connectivity index (χ4v) is 3.26. The molecule has 0 aromatic heterocycles. The Balaban J connectivity index is 2.65. The van der Waals surface area contributed by atoms with Crippen molar-refractivity contribution in [3.8, 4) is 0 Å². The van der Waals surface area contributed by atoms with E-state index in [1.54, 1.807) is 0 Å². The van der Waals surface area contributed by atoms with Crippen molar-refractivity contribution in [3.05, 3.63) is 58.7 Å². The normalized spacial score (nSPS) is 18.6. The molecular formula is C26H38O3. The lowest BCUT2D eigenvalue weighted by molar-refractivity contribution is -0.145. The van der Waals surface area contributed by atoms with Crippen LogP contribution < -0.4 is 0 Å². The minimum absolute atomic E-state index is 0.0933. The second kappa shape index (κ2) is 10.6. The Labute approximate surface area is 177 Å². The van der Waals surface area contributed by atoms with Crippen molar-refractivity contribution < 1.29 is 14.3 Å². The van der Waals surface area contributed by atoms with Gasteiger partial charge in [-0.2, -0.15) is 0 Å². The predicted molar refractivity (Wildman–Crippen MR) is 122 cm³/mol. The highest BCUT2D eigenvalue weighted by Crippen LogP contribution is 2.40. The Bertz CT molecular complexity index is 762. The molecule has 0 saturated carbocycles. The quantitative estimate of drug-likeness (QED) is 0.273. The van der Waals surface area contributed by atoms with E-state index in [9.17, 15) is 9.59 Å². The fraction of sp³-hybridized carbons (Fsp3) is 0.538. The van der Waals surface area contributed by atoms with E-state index >= 15 is 0 Å². The molecule has 160 valence electrons. The zero-order chi connectivity index (χ0) is 22.2. The van der Waals surface area contributed by atoms with E-state index in [0.717, 1.165) is 11.1 Å². The Morgan fingerprint density at radius 3 is 2.34 bits per heavy atom. The van der Waals surface area contributed by atoms with Crippen LogP contribution in [0.15, 0.2) is 58.7 Å². The van der Waals surface area contributed by atoms with Crippen LogP contribution in [-0.4, -0.2) is 18.4 Å². The van der Waals surface area contributed by atoms with Gasteiger partial charge >= 0.3 is 5.97 Å². The third-order valence-electron chi connectivity index (χ3n) is 5.30. The summed E-state index contributed by atoms with van der Waals surface area (Å²) < 4.78 is 5.03. The van der Waals surface area contributed by atoms with Crippen LogP contribution >= 0.6 is 0 Å². The number of carbonyl (C=O) groups is 2. The van der Waals surface area contributed by atoms with Gasteiger partial charge in [0.15, 0.2) is 12.4 Å². The third-order valence-corrected chi connectivity index (χ3v) is 5.30. The zero-order valence-electron chi connectivity index (χ0n) is 19.5. The van der Waals surface area contributed by atoms with E-state index in [1.165, 1.54) is 36.5 Å². The number of Topliss-reactive ketones (excluding diaryl/α,β-unsaturated/α-hetero) is 1. The van der Waals surface area contributed by atoms with Crippen molar-refractivity contribution in [2.75, 3.05) is 6.61 Å². The SMILES string of the molecule is CC1=C(/C=C/C(C)=C/C=C/C(C)=C\C(=O)OCC(=O)C(C)(C)C)C(C)(C)CCC1. The topological polar surface area (TPSA) is 43.4 Å². The molecule has 0 fully saturated rings. The average Bonchev–Trinajstić information content (AvgIpc) is 2.57. The molecule has 0 spiro atoms. The Morgan fingerprint density at radius 1 is 1.10 bits per heavy atom. The molecule has 0 aliphatic heterocycles. The van der Waals surface area contributed by atoms with Gasteiger partial charge in [-0.3, -0.25) is 4.79 Å². The van der Waals surface area contributed by atoms with Crippen molar-refractivity contribution in [1.29, 1.82) is 0 Å². The van der Waals surface area contributed by atoms with Crippen LogP contribution in [0.2, 0.25) is 0 Å². The minimum atomic E-state index is -0.504. The summed E-state index contributed by atoms with van der Waals surface area (Å²) in [6.45, 7) is 16.0. The highest BCUT2D eigenvalue weighted by molar-refractivity contribution is 5.89. The zero-order valence-corrected chi connectivity index (χ0v) is 19.5. The molecular weight excluding hydrogens is 360 g/mol. The van der Waals surface area contributed by atoms with Gasteiger partial charge in [0.1, 0.15) is 0 Å². The molecule has 3 nitrogen and oxygen atoms in total. The molecule has 1 aliphatic carbocycles. The molecule has 0 bridgehead atoms. The van der Waals surface area contributed by atoms with Gasteiger partial charge in [-0.25, -0.2) is 4.79 Å². The molecule has 3 heteroatoms. The van der Waals surface area contributed by atoms with Crippen LogP contribution in [0, 0.1) is 10.8 Å². The first kappa shape index (κ1) is 24.9. The molecule has 0 unspecified atom stereocenters. The van der Waals surface area contributed by atoms with Gasteiger partial charge in [-0.1, -0.05) is 76.1 Å². The molecule has 0 radical (unpaired) electrons. The van der Waals surface area contributed by atoms with Gasteiger partial charge in [-0.05, 0) is 56.6 Å². The second-order valence-electron chi connectivity index (χ2n) is 9.70. The summed E-state index contributed by atoms with van der Waals surface area (Å²) in [4.78, 5) is 23.6. The molecule has 0 amide bonds. The van der Waals surface area contributed by atoms with Gasteiger partial charge in [0.25, 0.3) is 0 Å². The van der Waals surface area contributed by atoms with E-state index in [-0.39, 0.29) is 17.8 Å². The van der Waals surface area contributed by atoms with E-state index in [2.05, 4.69) is 39.8 Å². The summed E-state index contributed by atoms with van der Waals surface area (Å²) in [5.41, 5.74) is 4.60. The largest absolute Gasteiger partial charge is 0.454 e. The number of rotatable bonds is 7. The second-order valence-corrected chi connectivity index (χ2v) is 9.70. The highest BCUT2D eigenvalue weighted by atomic mass is 16.5. The van der Waals surface area contributed by atoms with Crippen LogP contribution in [0.1, 0.15) is 74.7 Å². The summed E-state index contributed by atoms with van der Waals surface area (Å²) in [6.07, 6.45) is 15.3. The monoisotopic (exact) mass is 398 g/mol. The molecule has 0 aromatic carbocycles. The molecule has 29 heavy (non-hydrogen) atoms. The standard InChI is InChI=1S/C26H38O3/c1-19(14-15-22-21(3)13-10-16-26(22,7)8)11-9-12-20(2)17-24(28)29-18-23(27)25(4,5)6/h9,11-12,14-15,17H,10,13,16,18H2,1-8H3/b12-9+,15-14+,19-11+,20-17-. The number of ether oxygens (including phenoxy) is 1. The van der Waals surface area contributed by atoms with Gasteiger partial charge < -0.3 is 4.74 Å². The van der Waals surface area contributed by atoms with Crippen molar-refractivity contribution in [3.63, 3.8) is 0 Å². The number of allylic oxidation sites excluding steroid dienone is 9. The van der Waals surface area contributed by atoms with E-state index in [0.29, 0.717) is 0 Å². The van der Waals surface area contributed by atoms with Gasteiger partial charge in [0, 0.05) is 11.5 Å². The Kier molecular flexibility index (Phi) is 9.07. The lowest BCUT2D eigenvalue weighted by atomic mass is 9.72. The first-order chi connectivity index (χ1) is 13.3. The summed E-state index contributed by atoms with van der Waals surface area (Å²) in [6, 6.07) is 0. The molecule has 1 aliphatic rings. The smallest absolute Gasteiger partial charge is 0.331 e. The number of ketones is 1. The van der Waals surface area contributed by atoms with E-state index in [1.807, 2.05) is 45.9 Å². The van der Waals surface area contributed by atoms with Gasteiger partial charge in [0.2, 0.25) is 0 Å². The lowest BCUT2D eigenvalue weighted by Crippen LogP contribution is -2.26. The van der Waals surface area contributed by atoms with Crippen LogP contribution in [0.3, 0.4) is 0 Å². The average molecular weight is 399 g/mol. The van der Waals surface area contributed by atoms with Crippen LogP contribution in [0.5, 0.6) is 0 Å². The summed E-state index contributed by atoms with van der Waals surface area (Å²) in [5, 5.41) is 0. The maximum atomic E-state index is 11.8. The van der Waals surface area contributed by atoms with Crippen LogP contribution in [0.4, 0.5) is 0 Å². The molecule has 0 saturated heterocycles. The van der Waals surface area contributed by atoms with Crippen molar-refractivity contribution in [1.82, 2.24) is 0 Å². The Hall–Kier alpha value is -2.16. The number of carbonyl (C=O) groups excluding carboxylic acids is 2. The highest BCUT2D eigenvalue weighted by Gasteiger charge is 2.26. The van der Waals surface area contributed by atoms with Crippen molar-refractivity contribution >= 4 is 11.8 Å². The van der Waals surface area contributed by atoms with Crippen molar-refractivity contribution in [2.45, 2.75) is 74.7 Å². The first-order valence-corrected chi connectivity index (χ1v) is 10.4. The summed E-state index contributed by atoms with van der Waals surface area (Å²) >= 11 is 0.